The van der Waals surface area contributed by atoms with E-state index >= 15 is 0 Å². The number of aromatic nitrogens is 1. The van der Waals surface area contributed by atoms with E-state index < -0.39 is 24.2 Å². The van der Waals surface area contributed by atoms with E-state index in [1.165, 1.54) is 23.1 Å². The standard InChI is InChI=1S/C20H21F3N6O3/c1-11(20(21,22)23)25-18(31)14-4-5-15-17(26-14)29(12-6-8-28(15)10-12)19(32)27-16-9-13(30)3-2-7-24-16/h2-5,9,11-12,24H,6-8,10H2,1H3,(H,25,31)(H,27,32)/t11-,12+/m1/s1. The Bertz CT molecular complexity index is 1020. The van der Waals surface area contributed by atoms with E-state index in [4.69, 9.17) is 0 Å². The van der Waals surface area contributed by atoms with Crippen LogP contribution in [0.15, 0.2) is 36.2 Å². The van der Waals surface area contributed by atoms with Gasteiger partial charge in [0.2, 0.25) is 0 Å². The average molecular weight is 450 g/mol. The average Bonchev–Trinajstić information content (AvgIpc) is 3.02. The molecule has 0 aromatic carbocycles. The molecule has 1 fully saturated rings. The normalized spacial score (nSPS) is 20.7. The van der Waals surface area contributed by atoms with Gasteiger partial charge in [0.05, 0.1) is 11.7 Å². The number of halogens is 3. The highest BCUT2D eigenvalue weighted by Crippen LogP contribution is 2.39. The van der Waals surface area contributed by atoms with Crippen LogP contribution in [-0.4, -0.2) is 60.6 Å². The Morgan fingerprint density at radius 2 is 2.09 bits per heavy atom. The second-order valence-electron chi connectivity index (χ2n) is 7.71. The molecular formula is C20H21F3N6O3. The van der Waals surface area contributed by atoms with Crippen molar-refractivity contribution in [2.45, 2.75) is 31.6 Å². The lowest BCUT2D eigenvalue weighted by Crippen LogP contribution is -2.51. The molecule has 3 aliphatic rings. The van der Waals surface area contributed by atoms with Gasteiger partial charge in [0.15, 0.2) is 11.6 Å². The van der Waals surface area contributed by atoms with E-state index in [1.54, 1.807) is 12.1 Å². The number of hydrogen-bond acceptors (Lipinski definition) is 6. The third-order valence-electron chi connectivity index (χ3n) is 5.46. The minimum Gasteiger partial charge on any atom is -0.368 e. The van der Waals surface area contributed by atoms with Crippen molar-refractivity contribution < 1.29 is 27.6 Å². The molecule has 3 aliphatic heterocycles. The first kappa shape index (κ1) is 21.7. The Morgan fingerprint density at radius 1 is 1.31 bits per heavy atom. The van der Waals surface area contributed by atoms with Crippen LogP contribution in [0, 0.1) is 0 Å². The molecule has 32 heavy (non-hydrogen) atoms. The van der Waals surface area contributed by atoms with Crippen LogP contribution in [-0.2, 0) is 4.79 Å². The highest BCUT2D eigenvalue weighted by atomic mass is 19.4. The van der Waals surface area contributed by atoms with Crippen molar-refractivity contribution in [1.82, 2.24) is 20.9 Å². The van der Waals surface area contributed by atoms with Crippen LogP contribution in [0.25, 0.3) is 0 Å². The molecule has 1 aromatic heterocycles. The molecule has 0 saturated carbocycles. The molecule has 9 nitrogen and oxygen atoms in total. The number of allylic oxidation sites excluding steroid dienone is 2. The van der Waals surface area contributed by atoms with Gasteiger partial charge in [0, 0.05) is 25.7 Å². The number of carbonyl (C=O) groups excluding carboxylic acids is 3. The third-order valence-corrected chi connectivity index (χ3v) is 5.46. The summed E-state index contributed by atoms with van der Waals surface area (Å²) in [5, 5.41) is 7.44. The summed E-state index contributed by atoms with van der Waals surface area (Å²) in [7, 11) is 0. The van der Waals surface area contributed by atoms with E-state index in [9.17, 15) is 27.6 Å². The summed E-state index contributed by atoms with van der Waals surface area (Å²) >= 11 is 0. The molecule has 0 radical (unpaired) electrons. The maximum atomic E-state index is 13.1. The third kappa shape index (κ3) is 4.25. The van der Waals surface area contributed by atoms with Gasteiger partial charge in [0.25, 0.3) is 5.91 Å². The molecule has 170 valence electrons. The highest BCUT2D eigenvalue weighted by molar-refractivity contribution is 6.02. The number of rotatable bonds is 3. The lowest BCUT2D eigenvalue weighted by atomic mass is 10.1. The zero-order chi connectivity index (χ0) is 23.0. The van der Waals surface area contributed by atoms with Gasteiger partial charge < -0.3 is 15.5 Å². The zero-order valence-electron chi connectivity index (χ0n) is 17.1. The van der Waals surface area contributed by atoms with Crippen molar-refractivity contribution in [3.63, 3.8) is 0 Å². The molecule has 3 N–H and O–H groups in total. The fourth-order valence-corrected chi connectivity index (χ4v) is 3.79. The Balaban J connectivity index is 1.60. The number of alkyl halides is 3. The summed E-state index contributed by atoms with van der Waals surface area (Å²) in [5.74, 6) is -0.870. The molecule has 4 heterocycles. The van der Waals surface area contributed by atoms with Crippen molar-refractivity contribution in [1.29, 1.82) is 0 Å². The highest BCUT2D eigenvalue weighted by Gasteiger charge is 2.41. The topological polar surface area (TPSA) is 107 Å². The van der Waals surface area contributed by atoms with Crippen LogP contribution in [0.5, 0.6) is 0 Å². The fraction of sp³-hybridized carbons (Fsp3) is 0.400. The molecule has 2 bridgehead atoms. The number of nitrogens with zero attached hydrogens (tertiary/aromatic N) is 3. The SMILES string of the molecule is C[C@@H](NC(=O)c1ccc2c(n1)N(C(=O)NC1=CC(=O)C=CCN1)[C@H]1CCN2C1)C(F)(F)F. The second kappa shape index (κ2) is 8.17. The fourth-order valence-electron chi connectivity index (χ4n) is 3.79. The molecule has 0 spiro atoms. The van der Waals surface area contributed by atoms with E-state index in [0.29, 0.717) is 31.7 Å². The summed E-state index contributed by atoms with van der Waals surface area (Å²) in [6, 6.07) is 0.0776. The number of nitrogens with one attached hydrogen (secondary N) is 3. The van der Waals surface area contributed by atoms with Gasteiger partial charge in [-0.1, -0.05) is 6.08 Å². The molecule has 3 amide bonds. The summed E-state index contributed by atoms with van der Waals surface area (Å²) in [6.45, 7) is 2.42. The van der Waals surface area contributed by atoms with Crippen molar-refractivity contribution in [3.05, 3.63) is 41.9 Å². The van der Waals surface area contributed by atoms with Crippen molar-refractivity contribution in [2.75, 3.05) is 29.4 Å². The summed E-state index contributed by atoms with van der Waals surface area (Å²) in [4.78, 5) is 44.9. The van der Waals surface area contributed by atoms with Crippen molar-refractivity contribution in [2.24, 2.45) is 0 Å². The number of urea groups is 1. The van der Waals surface area contributed by atoms with Crippen LogP contribution in [0.3, 0.4) is 0 Å². The molecule has 0 unspecified atom stereocenters. The van der Waals surface area contributed by atoms with Crippen LogP contribution in [0.4, 0.5) is 29.5 Å². The molecule has 1 aromatic rings. The van der Waals surface area contributed by atoms with Gasteiger partial charge in [-0.3, -0.25) is 19.8 Å². The number of pyridine rings is 1. The van der Waals surface area contributed by atoms with Crippen molar-refractivity contribution in [3.8, 4) is 0 Å². The summed E-state index contributed by atoms with van der Waals surface area (Å²) < 4.78 is 38.4. The van der Waals surface area contributed by atoms with E-state index in [-0.39, 0.29) is 29.2 Å². The van der Waals surface area contributed by atoms with Crippen LogP contribution >= 0.6 is 0 Å². The molecule has 1 saturated heterocycles. The van der Waals surface area contributed by atoms with Gasteiger partial charge in [-0.05, 0) is 31.6 Å². The van der Waals surface area contributed by atoms with Crippen molar-refractivity contribution >= 4 is 29.2 Å². The lowest BCUT2D eigenvalue weighted by molar-refractivity contribution is -0.149. The quantitative estimate of drug-likeness (QED) is 0.644. The zero-order valence-corrected chi connectivity index (χ0v) is 17.1. The monoisotopic (exact) mass is 450 g/mol. The maximum absolute atomic E-state index is 13.1. The molecule has 2 atom stereocenters. The number of hydrogen-bond donors (Lipinski definition) is 3. The van der Waals surface area contributed by atoms with Gasteiger partial charge in [-0.25, -0.2) is 9.78 Å². The first-order valence-corrected chi connectivity index (χ1v) is 10.0. The number of fused-ring (bicyclic) bond motifs is 4. The minimum atomic E-state index is -4.59. The summed E-state index contributed by atoms with van der Waals surface area (Å²) in [6.07, 6.45) is 0.321. The van der Waals surface area contributed by atoms with Crippen LogP contribution in [0.2, 0.25) is 0 Å². The van der Waals surface area contributed by atoms with Gasteiger partial charge >= 0.3 is 12.2 Å². The first-order chi connectivity index (χ1) is 15.1. The predicted molar refractivity (Wildman–Crippen MR) is 109 cm³/mol. The van der Waals surface area contributed by atoms with E-state index in [0.717, 1.165) is 6.92 Å². The Labute approximate surface area is 181 Å². The number of carbonyl (C=O) groups is 3. The maximum Gasteiger partial charge on any atom is 0.408 e. The number of ketones is 1. The molecule has 12 heteroatoms. The number of amides is 3. The summed E-state index contributed by atoms with van der Waals surface area (Å²) in [5.41, 5.74) is 0.376. The smallest absolute Gasteiger partial charge is 0.368 e. The second-order valence-corrected chi connectivity index (χ2v) is 7.71. The molecular weight excluding hydrogens is 429 g/mol. The molecule has 4 rings (SSSR count). The van der Waals surface area contributed by atoms with Gasteiger partial charge in [-0.2, -0.15) is 13.2 Å². The Kier molecular flexibility index (Phi) is 5.53. The first-order valence-electron chi connectivity index (χ1n) is 10.0. The predicted octanol–water partition coefficient (Wildman–Crippen LogP) is 1.44. The van der Waals surface area contributed by atoms with Crippen LogP contribution < -0.4 is 25.8 Å². The van der Waals surface area contributed by atoms with Crippen LogP contribution in [0.1, 0.15) is 23.8 Å². The van der Waals surface area contributed by atoms with E-state index in [2.05, 4.69) is 15.6 Å². The number of anilines is 2. The van der Waals surface area contributed by atoms with Gasteiger partial charge in [0.1, 0.15) is 17.6 Å². The van der Waals surface area contributed by atoms with E-state index in [1.807, 2.05) is 10.2 Å². The lowest BCUT2D eigenvalue weighted by Gasteiger charge is -2.36. The Hall–Kier alpha value is -3.57. The minimum absolute atomic E-state index is 0.183. The Morgan fingerprint density at radius 3 is 2.84 bits per heavy atom. The molecule has 0 aliphatic carbocycles. The van der Waals surface area contributed by atoms with Gasteiger partial charge in [-0.15, -0.1) is 0 Å². The largest absolute Gasteiger partial charge is 0.408 e.